The molecule has 1 aromatic rings. The van der Waals surface area contributed by atoms with Crippen LogP contribution in [0.5, 0.6) is 5.75 Å². The fraction of sp³-hybridized carbons (Fsp3) is 0.467. The van der Waals surface area contributed by atoms with E-state index in [1.54, 1.807) is 31.2 Å². The highest BCUT2D eigenvalue weighted by molar-refractivity contribution is 5.72. The third kappa shape index (κ3) is 6.22. The Balaban J connectivity index is 2.40. The maximum atomic E-state index is 11.4. The van der Waals surface area contributed by atoms with Crippen molar-refractivity contribution < 1.29 is 23.8 Å². The normalized spacial score (nSPS) is 9.90. The first-order chi connectivity index (χ1) is 9.65. The largest absolute Gasteiger partial charge is 0.482 e. The van der Waals surface area contributed by atoms with Gasteiger partial charge in [0.2, 0.25) is 0 Å². The van der Waals surface area contributed by atoms with Crippen molar-refractivity contribution in [3.63, 3.8) is 0 Å². The summed E-state index contributed by atoms with van der Waals surface area (Å²) in [7, 11) is 0. The van der Waals surface area contributed by atoms with Crippen LogP contribution in [0, 0.1) is 0 Å². The smallest absolute Gasteiger partial charge is 0.344 e. The van der Waals surface area contributed by atoms with Crippen molar-refractivity contribution in [2.24, 2.45) is 0 Å². The van der Waals surface area contributed by atoms with E-state index in [-0.39, 0.29) is 19.0 Å². The quantitative estimate of drug-likeness (QED) is 0.683. The molecule has 0 saturated heterocycles. The summed E-state index contributed by atoms with van der Waals surface area (Å²) >= 11 is 0. The van der Waals surface area contributed by atoms with Crippen molar-refractivity contribution in [1.29, 1.82) is 0 Å². The Kier molecular flexibility index (Phi) is 7.17. The lowest BCUT2D eigenvalue weighted by Crippen LogP contribution is -2.14. The van der Waals surface area contributed by atoms with Crippen molar-refractivity contribution in [3.05, 3.63) is 29.8 Å². The fourth-order valence-corrected chi connectivity index (χ4v) is 1.48. The van der Waals surface area contributed by atoms with Gasteiger partial charge in [0.15, 0.2) is 6.61 Å². The summed E-state index contributed by atoms with van der Waals surface area (Å²) in [4.78, 5) is 22.5. The predicted molar refractivity (Wildman–Crippen MR) is 73.5 cm³/mol. The molecule has 0 amide bonds. The van der Waals surface area contributed by atoms with Gasteiger partial charge < -0.3 is 14.2 Å². The Bertz CT molecular complexity index is 424. The standard InChI is InChI=1S/C15H20O5/c1-3-9-19-14(16)10-12-5-7-13(8-6-12)20-11-15(17)18-4-2/h5-8H,3-4,9-11H2,1-2H3. The molecular weight excluding hydrogens is 260 g/mol. The third-order valence-electron chi connectivity index (χ3n) is 2.40. The summed E-state index contributed by atoms with van der Waals surface area (Å²) in [6.45, 7) is 4.35. The zero-order chi connectivity index (χ0) is 14.8. The molecule has 110 valence electrons. The van der Waals surface area contributed by atoms with Gasteiger partial charge in [-0.2, -0.15) is 0 Å². The van der Waals surface area contributed by atoms with Crippen molar-refractivity contribution in [3.8, 4) is 5.75 Å². The first kappa shape index (κ1) is 16.0. The third-order valence-corrected chi connectivity index (χ3v) is 2.40. The van der Waals surface area contributed by atoms with Crippen molar-refractivity contribution >= 4 is 11.9 Å². The van der Waals surface area contributed by atoms with Crippen LogP contribution in [-0.4, -0.2) is 31.8 Å². The van der Waals surface area contributed by atoms with Gasteiger partial charge in [-0.15, -0.1) is 0 Å². The zero-order valence-corrected chi connectivity index (χ0v) is 11.9. The van der Waals surface area contributed by atoms with Gasteiger partial charge in [0, 0.05) is 0 Å². The minimum atomic E-state index is -0.403. The fourth-order valence-electron chi connectivity index (χ4n) is 1.48. The van der Waals surface area contributed by atoms with E-state index in [0.717, 1.165) is 12.0 Å². The average Bonchev–Trinajstić information content (AvgIpc) is 2.45. The zero-order valence-electron chi connectivity index (χ0n) is 11.9. The Labute approximate surface area is 118 Å². The minimum Gasteiger partial charge on any atom is -0.482 e. The molecule has 0 N–H and O–H groups in total. The monoisotopic (exact) mass is 280 g/mol. The summed E-state index contributed by atoms with van der Waals surface area (Å²) in [6, 6.07) is 6.96. The van der Waals surface area contributed by atoms with Crippen LogP contribution in [0.3, 0.4) is 0 Å². The maximum absolute atomic E-state index is 11.4. The van der Waals surface area contributed by atoms with E-state index in [2.05, 4.69) is 0 Å². The van der Waals surface area contributed by atoms with Crippen LogP contribution in [0.4, 0.5) is 0 Å². The topological polar surface area (TPSA) is 61.8 Å². The molecule has 0 aliphatic heterocycles. The molecule has 0 aromatic heterocycles. The Morgan fingerprint density at radius 2 is 1.70 bits per heavy atom. The number of ether oxygens (including phenoxy) is 3. The number of carbonyl (C=O) groups is 2. The first-order valence-corrected chi connectivity index (χ1v) is 6.68. The van der Waals surface area contributed by atoms with Gasteiger partial charge in [0.1, 0.15) is 5.75 Å². The molecule has 0 radical (unpaired) electrons. The summed E-state index contributed by atoms with van der Waals surface area (Å²) in [5.41, 5.74) is 0.842. The second-order valence-corrected chi connectivity index (χ2v) is 4.13. The molecule has 0 aliphatic rings. The van der Waals surface area contributed by atoms with Crippen LogP contribution >= 0.6 is 0 Å². The van der Waals surface area contributed by atoms with E-state index in [9.17, 15) is 9.59 Å². The molecule has 0 saturated carbocycles. The lowest BCUT2D eigenvalue weighted by Gasteiger charge is -2.07. The number of benzene rings is 1. The number of hydrogen-bond acceptors (Lipinski definition) is 5. The molecule has 0 heterocycles. The van der Waals surface area contributed by atoms with E-state index < -0.39 is 5.97 Å². The van der Waals surface area contributed by atoms with Gasteiger partial charge in [0.05, 0.1) is 19.6 Å². The molecule has 5 heteroatoms. The highest BCUT2D eigenvalue weighted by Gasteiger charge is 2.06. The molecular formula is C15H20O5. The van der Waals surface area contributed by atoms with Crippen molar-refractivity contribution in [2.45, 2.75) is 26.7 Å². The van der Waals surface area contributed by atoms with Gasteiger partial charge in [-0.25, -0.2) is 4.79 Å². The Morgan fingerprint density at radius 3 is 2.30 bits per heavy atom. The van der Waals surface area contributed by atoms with E-state index >= 15 is 0 Å². The molecule has 0 aliphatic carbocycles. The highest BCUT2D eigenvalue weighted by atomic mass is 16.6. The number of hydrogen-bond donors (Lipinski definition) is 0. The lowest BCUT2D eigenvalue weighted by atomic mass is 10.1. The van der Waals surface area contributed by atoms with Gasteiger partial charge in [0.25, 0.3) is 0 Å². The van der Waals surface area contributed by atoms with Crippen LogP contribution < -0.4 is 4.74 Å². The summed E-state index contributed by atoms with van der Waals surface area (Å²) in [5.74, 6) is -0.0875. The average molecular weight is 280 g/mol. The van der Waals surface area contributed by atoms with E-state index in [4.69, 9.17) is 14.2 Å². The van der Waals surface area contributed by atoms with E-state index in [1.165, 1.54) is 0 Å². The second-order valence-electron chi connectivity index (χ2n) is 4.13. The molecule has 20 heavy (non-hydrogen) atoms. The second kappa shape index (κ2) is 8.96. The van der Waals surface area contributed by atoms with Crippen LogP contribution in [0.25, 0.3) is 0 Å². The number of carbonyl (C=O) groups excluding carboxylic acids is 2. The maximum Gasteiger partial charge on any atom is 0.344 e. The highest BCUT2D eigenvalue weighted by Crippen LogP contribution is 2.13. The van der Waals surface area contributed by atoms with Gasteiger partial charge in [-0.1, -0.05) is 19.1 Å². The Morgan fingerprint density at radius 1 is 1.00 bits per heavy atom. The minimum absolute atomic E-state index is 0.119. The van der Waals surface area contributed by atoms with Crippen LogP contribution in [0.1, 0.15) is 25.8 Å². The molecule has 0 unspecified atom stereocenters. The lowest BCUT2D eigenvalue weighted by molar-refractivity contribution is -0.145. The summed E-state index contributed by atoms with van der Waals surface area (Å²) < 4.78 is 15.0. The number of rotatable bonds is 8. The molecule has 1 rings (SSSR count). The van der Waals surface area contributed by atoms with E-state index in [1.807, 2.05) is 6.92 Å². The van der Waals surface area contributed by atoms with Crippen LogP contribution in [0.2, 0.25) is 0 Å². The van der Waals surface area contributed by atoms with Gasteiger partial charge in [-0.05, 0) is 31.0 Å². The molecule has 0 atom stereocenters. The molecule has 1 aromatic carbocycles. The SMILES string of the molecule is CCCOC(=O)Cc1ccc(OCC(=O)OCC)cc1. The molecule has 5 nitrogen and oxygen atoms in total. The summed E-state index contributed by atoms with van der Waals surface area (Å²) in [5, 5.41) is 0. The van der Waals surface area contributed by atoms with Crippen molar-refractivity contribution in [1.82, 2.24) is 0 Å². The summed E-state index contributed by atoms with van der Waals surface area (Å²) in [6.07, 6.45) is 1.05. The predicted octanol–water partition coefficient (Wildman–Crippen LogP) is 2.12. The van der Waals surface area contributed by atoms with Gasteiger partial charge in [-0.3, -0.25) is 4.79 Å². The first-order valence-electron chi connectivity index (χ1n) is 6.68. The number of esters is 2. The van der Waals surface area contributed by atoms with E-state index in [0.29, 0.717) is 19.0 Å². The van der Waals surface area contributed by atoms with Gasteiger partial charge >= 0.3 is 11.9 Å². The van der Waals surface area contributed by atoms with Crippen molar-refractivity contribution in [2.75, 3.05) is 19.8 Å². The Hall–Kier alpha value is -2.04. The molecule has 0 fully saturated rings. The molecule has 0 spiro atoms. The molecule has 0 bridgehead atoms. The van der Waals surface area contributed by atoms with Crippen LogP contribution in [0.15, 0.2) is 24.3 Å². The van der Waals surface area contributed by atoms with Crippen LogP contribution in [-0.2, 0) is 25.5 Å².